The molecule has 9 heteroatoms. The summed E-state index contributed by atoms with van der Waals surface area (Å²) in [5.74, 6) is 1.12. The highest BCUT2D eigenvalue weighted by Crippen LogP contribution is 2.27. The van der Waals surface area contributed by atoms with Crippen LogP contribution in [0.3, 0.4) is 0 Å². The van der Waals surface area contributed by atoms with Gasteiger partial charge in [0.1, 0.15) is 11.6 Å². The zero-order chi connectivity index (χ0) is 23.9. The average Bonchev–Trinajstić information content (AvgIpc) is 3.25. The second kappa shape index (κ2) is 11.5. The molecular weight excluding hydrogens is 453 g/mol. The third-order valence-corrected chi connectivity index (χ3v) is 6.94. The van der Waals surface area contributed by atoms with Gasteiger partial charge in [0, 0.05) is 17.8 Å². The highest BCUT2D eigenvalue weighted by Gasteiger charge is 2.23. The summed E-state index contributed by atoms with van der Waals surface area (Å²) >= 11 is 1.34. The molecule has 1 N–H and O–H groups in total. The first-order valence-electron chi connectivity index (χ1n) is 11.5. The van der Waals surface area contributed by atoms with E-state index in [4.69, 9.17) is 4.74 Å². The van der Waals surface area contributed by atoms with Gasteiger partial charge in [-0.3, -0.25) is 14.3 Å². The van der Waals surface area contributed by atoms with Gasteiger partial charge in [0.05, 0.1) is 18.9 Å². The van der Waals surface area contributed by atoms with Gasteiger partial charge in [-0.25, -0.2) is 4.39 Å². The van der Waals surface area contributed by atoms with Gasteiger partial charge in [-0.15, -0.1) is 10.2 Å². The van der Waals surface area contributed by atoms with Gasteiger partial charge in [-0.1, -0.05) is 36.4 Å². The Labute approximate surface area is 203 Å². The molecule has 2 heterocycles. The summed E-state index contributed by atoms with van der Waals surface area (Å²) in [6, 6.07) is 13.9. The number of aromatic nitrogens is 3. The van der Waals surface area contributed by atoms with E-state index in [0.29, 0.717) is 18.2 Å². The number of nitrogens with one attached hydrogen (secondary N) is 1. The molecule has 180 valence electrons. The number of amides is 1. The van der Waals surface area contributed by atoms with Crippen molar-refractivity contribution in [1.29, 1.82) is 0 Å². The van der Waals surface area contributed by atoms with Crippen LogP contribution in [0.15, 0.2) is 53.7 Å². The first-order valence-corrected chi connectivity index (χ1v) is 12.4. The zero-order valence-electron chi connectivity index (χ0n) is 19.5. The van der Waals surface area contributed by atoms with E-state index in [1.807, 2.05) is 35.8 Å². The molecule has 1 aliphatic heterocycles. The maximum atomic E-state index is 13.6. The van der Waals surface area contributed by atoms with Crippen LogP contribution in [0.1, 0.15) is 37.6 Å². The fourth-order valence-electron chi connectivity index (χ4n) is 4.03. The van der Waals surface area contributed by atoms with Crippen LogP contribution < -0.4 is 10.1 Å². The number of hydrogen-bond donors (Lipinski definition) is 1. The number of piperidine rings is 1. The number of likely N-dealkylation sites (tertiary alicyclic amines) is 1. The largest absolute Gasteiger partial charge is 0.496 e. The minimum absolute atomic E-state index is 0.109. The molecule has 34 heavy (non-hydrogen) atoms. The normalized spacial score (nSPS) is 15.1. The highest BCUT2D eigenvalue weighted by atomic mass is 32.2. The Balaban J connectivity index is 1.49. The number of carbonyl (C=O) groups excluding carboxylic acids is 1. The molecule has 3 aromatic rings. The van der Waals surface area contributed by atoms with Crippen molar-refractivity contribution in [3.8, 4) is 11.4 Å². The molecule has 0 saturated carbocycles. The predicted molar refractivity (Wildman–Crippen MR) is 131 cm³/mol. The summed E-state index contributed by atoms with van der Waals surface area (Å²) in [5.41, 5.74) is 1.69. The summed E-state index contributed by atoms with van der Waals surface area (Å²) in [4.78, 5) is 15.2. The van der Waals surface area contributed by atoms with E-state index in [0.717, 1.165) is 35.9 Å². The van der Waals surface area contributed by atoms with Gasteiger partial charge in [0.15, 0.2) is 11.0 Å². The lowest BCUT2D eigenvalue weighted by Gasteiger charge is -2.26. The third kappa shape index (κ3) is 5.95. The SMILES string of the molecule is COc1ccccc1CNC(=O)C(C)Sc1nnc(CN2CCCCC2)n1-c1ccc(F)cc1. The number of methoxy groups -OCH3 is 1. The first kappa shape index (κ1) is 24.2. The Bertz CT molecular complexity index is 1100. The molecule has 2 aromatic carbocycles. The molecule has 1 amide bonds. The van der Waals surface area contributed by atoms with Crippen molar-refractivity contribution in [2.45, 2.75) is 49.7 Å². The quantitative estimate of drug-likeness (QED) is 0.460. The van der Waals surface area contributed by atoms with Gasteiger partial charge >= 0.3 is 0 Å². The number of hydrogen-bond acceptors (Lipinski definition) is 6. The second-order valence-electron chi connectivity index (χ2n) is 8.34. The highest BCUT2D eigenvalue weighted by molar-refractivity contribution is 8.00. The lowest BCUT2D eigenvalue weighted by molar-refractivity contribution is -0.120. The van der Waals surface area contributed by atoms with Gasteiger partial charge in [-0.05, 0) is 63.2 Å². The Morgan fingerprint density at radius 3 is 2.59 bits per heavy atom. The lowest BCUT2D eigenvalue weighted by atomic mass is 10.1. The summed E-state index contributed by atoms with van der Waals surface area (Å²) < 4.78 is 20.9. The summed E-state index contributed by atoms with van der Waals surface area (Å²) in [7, 11) is 1.61. The lowest BCUT2D eigenvalue weighted by Crippen LogP contribution is -2.31. The Morgan fingerprint density at radius 2 is 1.85 bits per heavy atom. The second-order valence-corrected chi connectivity index (χ2v) is 9.65. The molecular formula is C25H30FN5O2S. The minimum atomic E-state index is -0.402. The molecule has 1 fully saturated rings. The van der Waals surface area contributed by atoms with E-state index in [2.05, 4.69) is 20.4 Å². The number of rotatable bonds is 9. The molecule has 1 atom stereocenters. The number of benzene rings is 2. The molecule has 1 aromatic heterocycles. The van der Waals surface area contributed by atoms with Crippen molar-refractivity contribution in [2.24, 2.45) is 0 Å². The standard InChI is InChI=1S/C25H30FN5O2S/c1-18(24(32)27-16-19-8-4-5-9-22(19)33-2)34-25-29-28-23(17-30-14-6-3-7-15-30)31(25)21-12-10-20(26)11-13-21/h4-5,8-13,18H,3,6-7,14-17H2,1-2H3,(H,27,32). The minimum Gasteiger partial charge on any atom is -0.496 e. The van der Waals surface area contributed by atoms with Crippen LogP contribution in [0, 0.1) is 5.82 Å². The first-order chi connectivity index (χ1) is 16.5. The van der Waals surface area contributed by atoms with Crippen LogP contribution in [-0.4, -0.2) is 51.0 Å². The fourth-order valence-corrected chi connectivity index (χ4v) is 4.94. The molecule has 1 saturated heterocycles. The van der Waals surface area contributed by atoms with Crippen LogP contribution >= 0.6 is 11.8 Å². The number of halogens is 1. The van der Waals surface area contributed by atoms with Gasteiger partial charge in [0.25, 0.3) is 0 Å². The van der Waals surface area contributed by atoms with Crippen molar-refractivity contribution >= 4 is 17.7 Å². The Morgan fingerprint density at radius 1 is 1.12 bits per heavy atom. The molecule has 0 spiro atoms. The topological polar surface area (TPSA) is 72.3 Å². The van der Waals surface area contributed by atoms with E-state index in [1.165, 1.54) is 43.2 Å². The number of nitrogens with zero attached hydrogens (tertiary/aromatic N) is 4. The molecule has 0 aliphatic carbocycles. The van der Waals surface area contributed by atoms with Crippen LogP contribution in [0.5, 0.6) is 5.75 Å². The van der Waals surface area contributed by atoms with Crippen LogP contribution in [0.2, 0.25) is 0 Å². The maximum Gasteiger partial charge on any atom is 0.233 e. The summed E-state index contributed by atoms with van der Waals surface area (Å²) in [6.45, 7) is 4.94. The average molecular weight is 484 g/mol. The van der Waals surface area contributed by atoms with E-state index in [9.17, 15) is 9.18 Å². The monoisotopic (exact) mass is 483 g/mol. The van der Waals surface area contributed by atoms with Crippen LogP contribution in [0.4, 0.5) is 4.39 Å². The zero-order valence-corrected chi connectivity index (χ0v) is 20.4. The fraction of sp³-hybridized carbons (Fsp3) is 0.400. The van der Waals surface area contributed by atoms with E-state index < -0.39 is 5.25 Å². The molecule has 1 aliphatic rings. The number of para-hydroxylation sites is 1. The van der Waals surface area contributed by atoms with E-state index >= 15 is 0 Å². The van der Waals surface area contributed by atoms with E-state index in [-0.39, 0.29) is 11.7 Å². The van der Waals surface area contributed by atoms with Crippen molar-refractivity contribution in [3.63, 3.8) is 0 Å². The predicted octanol–water partition coefficient (Wildman–Crippen LogP) is 4.20. The maximum absolute atomic E-state index is 13.6. The molecule has 4 rings (SSSR count). The van der Waals surface area contributed by atoms with Gasteiger partial charge in [0.2, 0.25) is 5.91 Å². The number of thioether (sulfide) groups is 1. The van der Waals surface area contributed by atoms with Gasteiger partial charge < -0.3 is 10.1 Å². The Hall–Kier alpha value is -2.91. The Kier molecular flexibility index (Phi) is 8.18. The van der Waals surface area contributed by atoms with Gasteiger partial charge in [-0.2, -0.15) is 0 Å². The third-order valence-electron chi connectivity index (χ3n) is 5.90. The summed E-state index contributed by atoms with van der Waals surface area (Å²) in [6.07, 6.45) is 3.61. The van der Waals surface area contributed by atoms with Crippen molar-refractivity contribution in [3.05, 3.63) is 65.7 Å². The smallest absolute Gasteiger partial charge is 0.233 e. The molecule has 0 bridgehead atoms. The van der Waals surface area contributed by atoms with Crippen LogP contribution in [0.25, 0.3) is 5.69 Å². The van der Waals surface area contributed by atoms with Crippen molar-refractivity contribution in [2.75, 3.05) is 20.2 Å². The number of carbonyl (C=O) groups is 1. The van der Waals surface area contributed by atoms with Crippen LogP contribution in [-0.2, 0) is 17.9 Å². The van der Waals surface area contributed by atoms with Crippen molar-refractivity contribution in [1.82, 2.24) is 25.0 Å². The molecule has 7 nitrogen and oxygen atoms in total. The van der Waals surface area contributed by atoms with Crippen molar-refractivity contribution < 1.29 is 13.9 Å². The number of ether oxygens (including phenoxy) is 1. The van der Waals surface area contributed by atoms with E-state index in [1.54, 1.807) is 19.2 Å². The summed E-state index contributed by atoms with van der Waals surface area (Å²) in [5, 5.41) is 12.0. The molecule has 1 unspecified atom stereocenters. The molecule has 0 radical (unpaired) electrons.